The first kappa shape index (κ1) is 33.5. The molecule has 2 N–H and O–H groups in total. The van der Waals surface area contributed by atoms with Crippen LogP contribution in [-0.2, 0) is 18.6 Å². The molecule has 1 amide bonds. The Kier molecular flexibility index (Phi) is 19.4. The number of amides is 1. The second-order valence-corrected chi connectivity index (χ2v) is 11.6. The van der Waals surface area contributed by atoms with E-state index in [1.165, 1.54) is 70.6 Å². The molecule has 0 aliphatic rings. The van der Waals surface area contributed by atoms with Crippen LogP contribution < -0.4 is 10.2 Å². The summed E-state index contributed by atoms with van der Waals surface area (Å²) in [6.45, 7) is 4.65. The summed E-state index contributed by atoms with van der Waals surface area (Å²) in [5.41, 5.74) is 0. The van der Waals surface area contributed by atoms with Crippen molar-refractivity contribution in [2.75, 3.05) is 34.2 Å². The van der Waals surface area contributed by atoms with Crippen LogP contribution in [0.4, 0.5) is 0 Å². The van der Waals surface area contributed by atoms with Crippen molar-refractivity contribution in [1.82, 2.24) is 5.32 Å². The van der Waals surface area contributed by atoms with Crippen molar-refractivity contribution >= 4 is 13.7 Å². The summed E-state index contributed by atoms with van der Waals surface area (Å²) in [6, 6.07) is 0. The molecule has 0 radical (unpaired) electrons. The SMILES string of the molecule is CCCCCCCCCCCCCCCC(=O)NCC(CC)OC(C[N+](C)(C)C)OP(=O)([O-])O. The summed E-state index contributed by atoms with van der Waals surface area (Å²) >= 11 is 0. The maximum absolute atomic E-state index is 12.2. The predicted octanol–water partition coefficient (Wildman–Crippen LogP) is 4.89. The fourth-order valence-corrected chi connectivity index (χ4v) is 4.23. The number of phosphoric ester groups is 1. The molecule has 0 aromatic heterocycles. The minimum atomic E-state index is -4.92. The standard InChI is InChI=1S/C25H53N2O6P/c1-6-8-9-10-11-12-13-14-15-16-17-18-19-20-24(28)26-21-23(7-2)32-25(22-27(3,4)5)33-34(29,30)31/h23,25H,6-22H2,1-5H3,(H2-,26,28,29,30,31). The number of rotatable bonds is 23. The number of phosphoric acid groups is 1. The van der Waals surface area contributed by atoms with Gasteiger partial charge in [-0.05, 0) is 12.8 Å². The van der Waals surface area contributed by atoms with Crippen molar-refractivity contribution in [1.29, 1.82) is 0 Å². The largest absolute Gasteiger partial charge is 0.756 e. The van der Waals surface area contributed by atoms with Crippen molar-refractivity contribution in [3.05, 3.63) is 0 Å². The molecule has 0 aromatic rings. The van der Waals surface area contributed by atoms with Crippen LogP contribution >= 0.6 is 7.82 Å². The van der Waals surface area contributed by atoms with Crippen LogP contribution in [0.15, 0.2) is 0 Å². The normalized spacial score (nSPS) is 15.6. The van der Waals surface area contributed by atoms with Crippen LogP contribution in [0.3, 0.4) is 0 Å². The predicted molar refractivity (Wildman–Crippen MR) is 136 cm³/mol. The lowest BCUT2D eigenvalue weighted by atomic mass is 10.0. The summed E-state index contributed by atoms with van der Waals surface area (Å²) < 4.78 is 22.0. The molecule has 9 heteroatoms. The average molecular weight is 509 g/mol. The van der Waals surface area contributed by atoms with Gasteiger partial charge in [0, 0.05) is 13.0 Å². The van der Waals surface area contributed by atoms with E-state index >= 15 is 0 Å². The van der Waals surface area contributed by atoms with Gasteiger partial charge in [0.25, 0.3) is 7.82 Å². The van der Waals surface area contributed by atoms with E-state index in [2.05, 4.69) is 12.2 Å². The Labute approximate surface area is 209 Å². The third kappa shape index (κ3) is 23.3. The molecule has 8 nitrogen and oxygen atoms in total. The highest BCUT2D eigenvalue weighted by atomic mass is 31.2. The minimum Gasteiger partial charge on any atom is -0.756 e. The highest BCUT2D eigenvalue weighted by molar-refractivity contribution is 7.44. The van der Waals surface area contributed by atoms with Gasteiger partial charge in [-0.2, -0.15) is 0 Å². The lowest BCUT2D eigenvalue weighted by Gasteiger charge is -2.33. The summed E-state index contributed by atoms with van der Waals surface area (Å²) in [5, 5.41) is 2.87. The fourth-order valence-electron chi connectivity index (χ4n) is 3.82. The number of nitrogens with zero attached hydrogens (tertiary/aromatic N) is 1. The van der Waals surface area contributed by atoms with E-state index in [9.17, 15) is 14.3 Å². The van der Waals surface area contributed by atoms with E-state index in [0.717, 1.165) is 12.8 Å². The molecule has 0 fully saturated rings. The van der Waals surface area contributed by atoms with Gasteiger partial charge in [0.05, 0.1) is 27.2 Å². The molecule has 0 saturated carbocycles. The van der Waals surface area contributed by atoms with Crippen molar-refractivity contribution in [3.63, 3.8) is 0 Å². The van der Waals surface area contributed by atoms with Gasteiger partial charge in [0.2, 0.25) is 12.2 Å². The van der Waals surface area contributed by atoms with Crippen molar-refractivity contribution in [2.45, 2.75) is 123 Å². The van der Waals surface area contributed by atoms with E-state index in [1.54, 1.807) is 0 Å². The zero-order chi connectivity index (χ0) is 25.9. The molecule has 0 aliphatic carbocycles. The molecular formula is C25H53N2O6P. The van der Waals surface area contributed by atoms with Gasteiger partial charge in [0.1, 0.15) is 6.54 Å². The summed E-state index contributed by atoms with van der Waals surface area (Å²) in [5.74, 6) is -0.0224. The molecule has 0 heterocycles. The molecule has 0 rings (SSSR count). The number of hydrogen-bond donors (Lipinski definition) is 2. The van der Waals surface area contributed by atoms with Crippen LogP contribution in [0.1, 0.15) is 110 Å². The summed E-state index contributed by atoms with van der Waals surface area (Å²) in [7, 11) is 0.675. The van der Waals surface area contributed by atoms with E-state index in [4.69, 9.17) is 14.2 Å². The first-order chi connectivity index (χ1) is 16.0. The van der Waals surface area contributed by atoms with Gasteiger partial charge in [0.15, 0.2) is 0 Å². The maximum Gasteiger partial charge on any atom is 0.267 e. The molecule has 34 heavy (non-hydrogen) atoms. The van der Waals surface area contributed by atoms with Crippen molar-refractivity contribution in [3.8, 4) is 0 Å². The number of quaternary nitrogens is 1. The number of nitrogens with one attached hydrogen (secondary N) is 1. The topological polar surface area (TPSA) is 108 Å². The fraction of sp³-hybridized carbons (Fsp3) is 0.960. The number of carbonyl (C=O) groups excluding carboxylic acids is 1. The molecule has 204 valence electrons. The first-order valence-corrected chi connectivity index (χ1v) is 14.9. The monoisotopic (exact) mass is 508 g/mol. The van der Waals surface area contributed by atoms with E-state index in [0.29, 0.717) is 17.3 Å². The van der Waals surface area contributed by atoms with Gasteiger partial charge in [-0.1, -0.05) is 90.9 Å². The first-order valence-electron chi connectivity index (χ1n) is 13.4. The smallest absolute Gasteiger partial charge is 0.267 e. The molecular weight excluding hydrogens is 455 g/mol. The molecule has 0 spiro atoms. The van der Waals surface area contributed by atoms with Gasteiger partial charge < -0.3 is 24.3 Å². The van der Waals surface area contributed by atoms with Crippen LogP contribution in [0.5, 0.6) is 0 Å². The van der Waals surface area contributed by atoms with Crippen LogP contribution in [0.25, 0.3) is 0 Å². The van der Waals surface area contributed by atoms with E-state index in [-0.39, 0.29) is 19.0 Å². The highest BCUT2D eigenvalue weighted by Crippen LogP contribution is 2.33. The van der Waals surface area contributed by atoms with Gasteiger partial charge in [-0.25, -0.2) is 0 Å². The molecule has 0 saturated heterocycles. The van der Waals surface area contributed by atoms with E-state index in [1.807, 2.05) is 28.1 Å². The van der Waals surface area contributed by atoms with Crippen molar-refractivity contribution in [2.24, 2.45) is 0 Å². The lowest BCUT2D eigenvalue weighted by Crippen LogP contribution is -2.46. The van der Waals surface area contributed by atoms with Gasteiger partial charge >= 0.3 is 0 Å². The second kappa shape index (κ2) is 19.7. The van der Waals surface area contributed by atoms with Crippen molar-refractivity contribution < 1.29 is 32.9 Å². The Balaban J connectivity index is 3.93. The van der Waals surface area contributed by atoms with Crippen LogP contribution in [0.2, 0.25) is 0 Å². The number of likely N-dealkylation sites (N-methyl/N-ethyl adjacent to an activating group) is 1. The zero-order valence-corrected chi connectivity index (χ0v) is 23.5. The summed E-state index contributed by atoms with van der Waals surface area (Å²) in [4.78, 5) is 32.4. The highest BCUT2D eigenvalue weighted by Gasteiger charge is 2.26. The van der Waals surface area contributed by atoms with E-state index < -0.39 is 20.2 Å². The van der Waals surface area contributed by atoms with Gasteiger partial charge in [-0.15, -0.1) is 0 Å². The summed E-state index contributed by atoms with van der Waals surface area (Å²) in [6.07, 6.45) is 16.0. The Bertz CT molecular complexity index is 550. The third-order valence-electron chi connectivity index (χ3n) is 5.78. The molecule has 3 atom stereocenters. The van der Waals surface area contributed by atoms with Crippen LogP contribution in [-0.4, -0.2) is 61.9 Å². The third-order valence-corrected chi connectivity index (χ3v) is 6.28. The van der Waals surface area contributed by atoms with Gasteiger partial charge in [-0.3, -0.25) is 13.9 Å². The lowest BCUT2D eigenvalue weighted by molar-refractivity contribution is -0.876. The zero-order valence-electron chi connectivity index (χ0n) is 22.6. The Morgan fingerprint density at radius 3 is 1.79 bits per heavy atom. The second-order valence-electron chi connectivity index (χ2n) is 10.4. The maximum atomic E-state index is 12.2. The Morgan fingerprint density at radius 1 is 0.912 bits per heavy atom. The Morgan fingerprint density at radius 2 is 1.38 bits per heavy atom. The number of hydrogen-bond acceptors (Lipinski definition) is 5. The quantitative estimate of drug-likeness (QED) is 0.0881. The molecule has 0 aromatic carbocycles. The molecule has 3 unspecified atom stereocenters. The average Bonchev–Trinajstić information content (AvgIpc) is 2.72. The number of unbranched alkanes of at least 4 members (excludes halogenated alkanes) is 12. The molecule has 0 bridgehead atoms. The Hall–Kier alpha value is -0.500. The number of ether oxygens (including phenoxy) is 1. The molecule has 0 aliphatic heterocycles. The number of carbonyl (C=O) groups is 1. The van der Waals surface area contributed by atoms with Crippen LogP contribution in [0, 0.1) is 0 Å². The minimum absolute atomic E-state index is 0.0224.